The zero-order chi connectivity index (χ0) is 14.5. The summed E-state index contributed by atoms with van der Waals surface area (Å²) >= 11 is 12.6. The Labute approximate surface area is 132 Å². The molecule has 2 rings (SSSR count). The molecule has 1 heterocycles. The molecule has 0 bridgehead atoms. The van der Waals surface area contributed by atoms with Crippen molar-refractivity contribution in [2.75, 3.05) is 26.7 Å². The minimum absolute atomic E-state index is 0.360. The van der Waals surface area contributed by atoms with Gasteiger partial charge in [-0.25, -0.2) is 0 Å². The van der Waals surface area contributed by atoms with E-state index in [0.29, 0.717) is 12.0 Å². The average molecular weight is 315 g/mol. The van der Waals surface area contributed by atoms with Crippen LogP contribution in [0.1, 0.15) is 37.8 Å². The van der Waals surface area contributed by atoms with Gasteiger partial charge in [-0.3, -0.25) is 4.90 Å². The second-order valence-corrected chi connectivity index (χ2v) is 6.54. The summed E-state index contributed by atoms with van der Waals surface area (Å²) in [6, 6.07) is 6.17. The molecular weight excluding hydrogens is 291 g/mol. The number of hydrogen-bond acceptors (Lipinski definition) is 2. The Balaban J connectivity index is 2.20. The third kappa shape index (κ3) is 3.88. The first-order valence-corrected chi connectivity index (χ1v) is 8.25. The monoisotopic (exact) mass is 314 g/mol. The third-order valence-corrected chi connectivity index (χ3v) is 4.70. The van der Waals surface area contributed by atoms with Crippen molar-refractivity contribution in [1.29, 1.82) is 0 Å². The Morgan fingerprint density at radius 3 is 2.90 bits per heavy atom. The van der Waals surface area contributed by atoms with Gasteiger partial charge in [0.05, 0.1) is 0 Å². The number of rotatable bonds is 5. The second kappa shape index (κ2) is 7.65. The van der Waals surface area contributed by atoms with Crippen LogP contribution in [-0.2, 0) is 0 Å². The topological polar surface area (TPSA) is 15.3 Å². The summed E-state index contributed by atoms with van der Waals surface area (Å²) in [7, 11) is 2.19. The third-order valence-electron chi connectivity index (χ3n) is 4.12. The first-order chi connectivity index (χ1) is 9.63. The highest BCUT2D eigenvalue weighted by Gasteiger charge is 2.31. The van der Waals surface area contributed by atoms with Gasteiger partial charge < -0.3 is 5.32 Å². The molecule has 4 heteroatoms. The number of benzene rings is 1. The number of likely N-dealkylation sites (tertiary alicyclic amines) is 1. The van der Waals surface area contributed by atoms with Gasteiger partial charge in [0.2, 0.25) is 0 Å². The molecule has 0 radical (unpaired) electrons. The largest absolute Gasteiger partial charge is 0.316 e. The molecule has 20 heavy (non-hydrogen) atoms. The highest BCUT2D eigenvalue weighted by Crippen LogP contribution is 2.38. The van der Waals surface area contributed by atoms with Crippen molar-refractivity contribution in [3.05, 3.63) is 33.8 Å². The van der Waals surface area contributed by atoms with E-state index < -0.39 is 0 Å². The van der Waals surface area contributed by atoms with Gasteiger partial charge >= 0.3 is 0 Å². The molecule has 2 unspecified atom stereocenters. The Bertz CT molecular complexity index is 436. The van der Waals surface area contributed by atoms with Gasteiger partial charge in [0.15, 0.2) is 0 Å². The maximum absolute atomic E-state index is 6.42. The summed E-state index contributed by atoms with van der Waals surface area (Å²) in [5.74, 6) is 0.594. The first-order valence-electron chi connectivity index (χ1n) is 7.49. The van der Waals surface area contributed by atoms with E-state index in [1.54, 1.807) is 0 Å². The van der Waals surface area contributed by atoms with Gasteiger partial charge in [-0.05, 0) is 75.6 Å². The predicted molar refractivity (Wildman–Crippen MR) is 87.7 cm³/mol. The van der Waals surface area contributed by atoms with Gasteiger partial charge in [0.25, 0.3) is 0 Å². The first kappa shape index (κ1) is 16.1. The Kier molecular flexibility index (Phi) is 6.16. The van der Waals surface area contributed by atoms with Crippen LogP contribution < -0.4 is 5.32 Å². The molecule has 2 nitrogen and oxygen atoms in total. The number of hydrogen-bond donors (Lipinski definition) is 1. The van der Waals surface area contributed by atoms with Crippen LogP contribution in [0.15, 0.2) is 18.2 Å². The van der Waals surface area contributed by atoms with Gasteiger partial charge in [0, 0.05) is 16.1 Å². The minimum Gasteiger partial charge on any atom is -0.316 e. The van der Waals surface area contributed by atoms with Crippen molar-refractivity contribution in [1.82, 2.24) is 10.2 Å². The van der Waals surface area contributed by atoms with E-state index in [2.05, 4.69) is 24.2 Å². The lowest BCUT2D eigenvalue weighted by Crippen LogP contribution is -2.40. The van der Waals surface area contributed by atoms with E-state index >= 15 is 0 Å². The molecular formula is C16H24Cl2N2. The number of nitrogens with zero attached hydrogens (tertiary/aromatic N) is 1. The quantitative estimate of drug-likeness (QED) is 0.811. The molecule has 1 aromatic rings. The maximum atomic E-state index is 6.42. The molecule has 2 atom stereocenters. The van der Waals surface area contributed by atoms with Crippen LogP contribution in [0.5, 0.6) is 0 Å². The number of halogens is 2. The fourth-order valence-corrected chi connectivity index (χ4v) is 3.58. The summed E-state index contributed by atoms with van der Waals surface area (Å²) in [6.07, 6.45) is 3.67. The van der Waals surface area contributed by atoms with E-state index in [9.17, 15) is 0 Å². The highest BCUT2D eigenvalue weighted by molar-refractivity contribution is 6.33. The highest BCUT2D eigenvalue weighted by atomic mass is 35.5. The van der Waals surface area contributed by atoms with Crippen LogP contribution in [0.4, 0.5) is 0 Å². The summed E-state index contributed by atoms with van der Waals surface area (Å²) < 4.78 is 0. The van der Waals surface area contributed by atoms with Crippen LogP contribution >= 0.6 is 23.2 Å². The van der Waals surface area contributed by atoms with Crippen molar-refractivity contribution in [2.24, 2.45) is 5.92 Å². The lowest BCUT2D eigenvalue weighted by molar-refractivity contribution is 0.119. The fourth-order valence-electron chi connectivity index (χ4n) is 3.17. The van der Waals surface area contributed by atoms with E-state index in [0.717, 1.165) is 29.7 Å². The Morgan fingerprint density at radius 1 is 1.35 bits per heavy atom. The van der Waals surface area contributed by atoms with E-state index in [-0.39, 0.29) is 0 Å². The SMILES string of the molecule is CCCNCC1CCCN(C)C1c1cc(Cl)ccc1Cl. The van der Waals surface area contributed by atoms with E-state index in [4.69, 9.17) is 23.2 Å². The van der Waals surface area contributed by atoms with Gasteiger partial charge in [-0.1, -0.05) is 30.1 Å². The molecule has 0 aliphatic carbocycles. The molecule has 0 saturated carbocycles. The van der Waals surface area contributed by atoms with E-state index in [1.165, 1.54) is 24.8 Å². The second-order valence-electron chi connectivity index (χ2n) is 5.70. The van der Waals surface area contributed by atoms with Crippen molar-refractivity contribution < 1.29 is 0 Å². The van der Waals surface area contributed by atoms with Crippen LogP contribution in [0, 0.1) is 5.92 Å². The molecule has 112 valence electrons. The van der Waals surface area contributed by atoms with Crippen LogP contribution in [-0.4, -0.2) is 31.6 Å². The summed E-state index contributed by atoms with van der Waals surface area (Å²) in [6.45, 7) is 5.45. The molecule has 0 amide bonds. The van der Waals surface area contributed by atoms with Crippen LogP contribution in [0.2, 0.25) is 10.0 Å². The van der Waals surface area contributed by atoms with Crippen molar-refractivity contribution in [3.63, 3.8) is 0 Å². The van der Waals surface area contributed by atoms with Crippen molar-refractivity contribution >= 4 is 23.2 Å². The Hall–Kier alpha value is -0.280. The molecule has 1 N–H and O–H groups in total. The summed E-state index contributed by atoms with van der Waals surface area (Å²) in [5.41, 5.74) is 1.17. The predicted octanol–water partition coefficient (Wildman–Crippen LogP) is 4.38. The van der Waals surface area contributed by atoms with Gasteiger partial charge in [-0.2, -0.15) is 0 Å². The standard InChI is InChI=1S/C16H24Cl2N2/c1-3-8-19-11-12-5-4-9-20(2)16(12)14-10-13(17)6-7-15(14)18/h6-7,10,12,16,19H,3-5,8-9,11H2,1-2H3. The maximum Gasteiger partial charge on any atom is 0.0455 e. The fraction of sp³-hybridized carbons (Fsp3) is 0.625. The van der Waals surface area contributed by atoms with Crippen LogP contribution in [0.25, 0.3) is 0 Å². The van der Waals surface area contributed by atoms with Gasteiger partial charge in [0.1, 0.15) is 0 Å². The van der Waals surface area contributed by atoms with E-state index in [1.807, 2.05) is 18.2 Å². The van der Waals surface area contributed by atoms with Crippen molar-refractivity contribution in [2.45, 2.75) is 32.2 Å². The lowest BCUT2D eigenvalue weighted by Gasteiger charge is -2.40. The minimum atomic E-state index is 0.360. The smallest absolute Gasteiger partial charge is 0.0455 e. The lowest BCUT2D eigenvalue weighted by atomic mass is 9.85. The normalized spacial score (nSPS) is 24.0. The summed E-state index contributed by atoms with van der Waals surface area (Å²) in [5, 5.41) is 5.15. The zero-order valence-corrected chi connectivity index (χ0v) is 13.8. The van der Waals surface area contributed by atoms with Crippen LogP contribution in [0.3, 0.4) is 0 Å². The molecule has 1 aromatic carbocycles. The van der Waals surface area contributed by atoms with Gasteiger partial charge in [-0.15, -0.1) is 0 Å². The molecule has 1 aliphatic heterocycles. The number of piperidine rings is 1. The average Bonchev–Trinajstić information content (AvgIpc) is 2.42. The molecule has 0 aromatic heterocycles. The molecule has 1 saturated heterocycles. The Morgan fingerprint density at radius 2 is 2.15 bits per heavy atom. The number of nitrogens with one attached hydrogen (secondary N) is 1. The van der Waals surface area contributed by atoms with Crippen molar-refractivity contribution in [3.8, 4) is 0 Å². The molecule has 1 aliphatic rings. The summed E-state index contributed by atoms with van der Waals surface area (Å²) in [4.78, 5) is 2.42. The molecule has 0 spiro atoms. The molecule has 1 fully saturated rings. The zero-order valence-electron chi connectivity index (χ0n) is 12.3.